The fraction of sp³-hybridized carbons (Fsp3) is 0.750. The standard InChI is InChI=1S/C20H32N4O9S/c1-11(25)29-10-15-16(30-12(2)26)17(31-13(3)27)18(32-14(4)28)19(33-15)21-20(34)22-24-8-6-23(5)7-9-24/h15-19H,6-10H2,1-5H3,(H2,21,22,34)/t15-,16-,17+,18+,19-/m1/s1. The Hall–Kier alpha value is -2.55. The molecule has 13 nitrogen and oxygen atoms in total. The molecule has 2 saturated heterocycles. The van der Waals surface area contributed by atoms with Crippen LogP contribution in [-0.2, 0) is 42.9 Å². The van der Waals surface area contributed by atoms with E-state index in [4.69, 9.17) is 35.9 Å². The molecule has 0 saturated carbocycles. The Kier molecular flexibility index (Phi) is 10.4. The maximum absolute atomic E-state index is 11.9. The summed E-state index contributed by atoms with van der Waals surface area (Å²) < 4.78 is 27.1. The molecule has 192 valence electrons. The van der Waals surface area contributed by atoms with Gasteiger partial charge in [0.1, 0.15) is 12.7 Å². The number of ether oxygens (including phenoxy) is 5. The van der Waals surface area contributed by atoms with Gasteiger partial charge < -0.3 is 33.9 Å². The summed E-state index contributed by atoms with van der Waals surface area (Å²) in [5, 5.41) is 5.01. The van der Waals surface area contributed by atoms with Crippen molar-refractivity contribution in [2.45, 2.75) is 58.3 Å². The molecule has 0 aromatic heterocycles. The first kappa shape index (κ1) is 27.7. The molecule has 0 unspecified atom stereocenters. The average molecular weight is 505 g/mol. The molecule has 0 radical (unpaired) electrons. The molecule has 5 atom stereocenters. The van der Waals surface area contributed by atoms with E-state index in [0.29, 0.717) is 0 Å². The van der Waals surface area contributed by atoms with Gasteiger partial charge in [-0.25, -0.2) is 5.01 Å². The molecule has 2 aliphatic heterocycles. The van der Waals surface area contributed by atoms with E-state index >= 15 is 0 Å². The molecule has 2 rings (SSSR count). The first-order valence-electron chi connectivity index (χ1n) is 10.8. The number of nitrogens with one attached hydrogen (secondary N) is 2. The van der Waals surface area contributed by atoms with Gasteiger partial charge in [-0.15, -0.1) is 0 Å². The van der Waals surface area contributed by atoms with Crippen molar-refractivity contribution >= 4 is 41.2 Å². The minimum absolute atomic E-state index is 0.172. The Balaban J connectivity index is 2.27. The quantitative estimate of drug-likeness (QED) is 0.240. The van der Waals surface area contributed by atoms with Crippen LogP contribution in [0.1, 0.15) is 27.7 Å². The Morgan fingerprint density at radius 3 is 1.91 bits per heavy atom. The molecule has 0 amide bonds. The van der Waals surface area contributed by atoms with Gasteiger partial charge in [-0.1, -0.05) is 0 Å². The van der Waals surface area contributed by atoms with Gasteiger partial charge in [-0.3, -0.25) is 24.6 Å². The summed E-state index contributed by atoms with van der Waals surface area (Å²) in [4.78, 5) is 49.1. The van der Waals surface area contributed by atoms with Crippen LogP contribution in [0, 0.1) is 0 Å². The first-order chi connectivity index (χ1) is 16.0. The summed E-state index contributed by atoms with van der Waals surface area (Å²) in [6, 6.07) is 0. The lowest BCUT2D eigenvalue weighted by atomic mass is 9.97. The van der Waals surface area contributed by atoms with Crippen LogP contribution in [0.3, 0.4) is 0 Å². The number of carbonyl (C=O) groups is 4. The molecule has 0 aromatic carbocycles. The molecule has 0 aliphatic carbocycles. The van der Waals surface area contributed by atoms with Crippen LogP contribution < -0.4 is 10.7 Å². The van der Waals surface area contributed by atoms with Crippen LogP contribution in [0.2, 0.25) is 0 Å². The van der Waals surface area contributed by atoms with E-state index in [-0.39, 0.29) is 11.7 Å². The maximum atomic E-state index is 11.9. The smallest absolute Gasteiger partial charge is 0.303 e. The van der Waals surface area contributed by atoms with Crippen LogP contribution in [0.4, 0.5) is 0 Å². The van der Waals surface area contributed by atoms with E-state index in [1.165, 1.54) is 13.8 Å². The maximum Gasteiger partial charge on any atom is 0.303 e. The van der Waals surface area contributed by atoms with E-state index in [9.17, 15) is 19.2 Å². The molecule has 2 heterocycles. The van der Waals surface area contributed by atoms with Crippen LogP contribution in [0.5, 0.6) is 0 Å². The predicted octanol–water partition coefficient (Wildman–Crippen LogP) is -1.30. The Morgan fingerprint density at radius 2 is 1.38 bits per heavy atom. The summed E-state index contributed by atoms with van der Waals surface area (Å²) in [7, 11) is 2.02. The number of hydrazine groups is 1. The summed E-state index contributed by atoms with van der Waals surface area (Å²) >= 11 is 5.41. The lowest BCUT2D eigenvalue weighted by molar-refractivity contribution is -0.255. The van der Waals surface area contributed by atoms with Gasteiger partial charge in [0, 0.05) is 53.9 Å². The number of piperazine rings is 1. The summed E-state index contributed by atoms with van der Waals surface area (Å²) in [6.45, 7) is 7.52. The zero-order valence-corrected chi connectivity index (χ0v) is 20.7. The first-order valence-corrected chi connectivity index (χ1v) is 11.2. The van der Waals surface area contributed by atoms with E-state index in [1.807, 2.05) is 12.1 Å². The van der Waals surface area contributed by atoms with Crippen molar-refractivity contribution in [3.8, 4) is 0 Å². The van der Waals surface area contributed by atoms with Crippen molar-refractivity contribution in [3.63, 3.8) is 0 Å². The highest BCUT2D eigenvalue weighted by molar-refractivity contribution is 7.80. The van der Waals surface area contributed by atoms with Gasteiger partial charge >= 0.3 is 23.9 Å². The molecular weight excluding hydrogens is 472 g/mol. The second-order valence-corrected chi connectivity index (χ2v) is 8.40. The molecule has 2 aliphatic rings. The Bertz CT molecular complexity index is 775. The van der Waals surface area contributed by atoms with Crippen molar-refractivity contribution in [1.82, 2.24) is 20.7 Å². The van der Waals surface area contributed by atoms with Crippen LogP contribution in [0.25, 0.3) is 0 Å². The number of esters is 4. The molecule has 0 aromatic rings. The second-order valence-electron chi connectivity index (χ2n) is 8.00. The SMILES string of the molecule is CC(=O)OC[C@H]1O[C@@H](NC(=S)NN2CCN(C)CC2)[C@@H](OC(C)=O)[C@@H](OC(C)=O)[C@@H]1OC(C)=O. The summed E-state index contributed by atoms with van der Waals surface area (Å²) in [5.74, 6) is -2.67. The fourth-order valence-corrected chi connectivity index (χ4v) is 3.81. The Labute approximate surface area is 203 Å². The van der Waals surface area contributed by atoms with E-state index in [1.54, 1.807) is 0 Å². The molecule has 2 fully saturated rings. The lowest BCUT2D eigenvalue weighted by Crippen LogP contribution is -2.67. The molecule has 0 spiro atoms. The number of likely N-dealkylation sites (N-methyl/N-ethyl adjacent to an activating group) is 1. The monoisotopic (exact) mass is 504 g/mol. The van der Waals surface area contributed by atoms with Gasteiger partial charge in [-0.05, 0) is 19.3 Å². The fourth-order valence-electron chi connectivity index (χ4n) is 3.57. The van der Waals surface area contributed by atoms with Gasteiger partial charge in [0.15, 0.2) is 29.7 Å². The van der Waals surface area contributed by atoms with E-state index < -0.39 is 54.5 Å². The summed E-state index contributed by atoms with van der Waals surface area (Å²) in [5.41, 5.74) is 3.05. The highest BCUT2D eigenvalue weighted by Gasteiger charge is 2.52. The van der Waals surface area contributed by atoms with Crippen molar-refractivity contribution in [2.75, 3.05) is 39.8 Å². The van der Waals surface area contributed by atoms with Crippen LogP contribution >= 0.6 is 12.2 Å². The second kappa shape index (κ2) is 12.8. The third-order valence-corrected chi connectivity index (χ3v) is 5.24. The van der Waals surface area contributed by atoms with Crippen LogP contribution in [0.15, 0.2) is 0 Å². The lowest BCUT2D eigenvalue weighted by Gasteiger charge is -2.45. The van der Waals surface area contributed by atoms with E-state index in [0.717, 1.165) is 40.0 Å². The zero-order valence-electron chi connectivity index (χ0n) is 19.9. The normalized spacial score (nSPS) is 27.7. The Morgan fingerprint density at radius 1 is 0.853 bits per heavy atom. The highest BCUT2D eigenvalue weighted by atomic mass is 32.1. The number of hydrogen-bond acceptors (Lipinski definition) is 12. The van der Waals surface area contributed by atoms with Gasteiger partial charge in [0.25, 0.3) is 0 Å². The highest BCUT2D eigenvalue weighted by Crippen LogP contribution is 2.28. The minimum Gasteiger partial charge on any atom is -0.463 e. The number of rotatable bonds is 7. The third-order valence-electron chi connectivity index (χ3n) is 5.03. The number of carbonyl (C=O) groups excluding carboxylic acids is 4. The topological polar surface area (TPSA) is 145 Å². The molecule has 0 bridgehead atoms. The van der Waals surface area contributed by atoms with Crippen molar-refractivity contribution in [1.29, 1.82) is 0 Å². The van der Waals surface area contributed by atoms with Crippen molar-refractivity contribution < 1.29 is 42.9 Å². The minimum atomic E-state index is -1.26. The predicted molar refractivity (Wildman–Crippen MR) is 120 cm³/mol. The number of nitrogens with zero attached hydrogens (tertiary/aromatic N) is 2. The molecule has 2 N–H and O–H groups in total. The largest absolute Gasteiger partial charge is 0.463 e. The number of thiocarbonyl (C=S) groups is 1. The van der Waals surface area contributed by atoms with Crippen LogP contribution in [-0.4, -0.2) is 109 Å². The number of hydrogen-bond donors (Lipinski definition) is 2. The molecular formula is C20H32N4O9S. The van der Waals surface area contributed by atoms with Crippen molar-refractivity contribution in [3.05, 3.63) is 0 Å². The van der Waals surface area contributed by atoms with Crippen molar-refractivity contribution in [2.24, 2.45) is 0 Å². The average Bonchev–Trinajstić information content (AvgIpc) is 2.71. The zero-order chi connectivity index (χ0) is 25.4. The van der Waals surface area contributed by atoms with Gasteiger partial charge in [-0.2, -0.15) is 0 Å². The molecule has 14 heteroatoms. The van der Waals surface area contributed by atoms with Gasteiger partial charge in [0.05, 0.1) is 0 Å². The van der Waals surface area contributed by atoms with Gasteiger partial charge in [0.2, 0.25) is 0 Å². The summed E-state index contributed by atoms with van der Waals surface area (Å²) in [6.07, 6.45) is -5.88. The molecule has 34 heavy (non-hydrogen) atoms. The third kappa shape index (κ3) is 8.66. The van der Waals surface area contributed by atoms with E-state index in [2.05, 4.69) is 15.6 Å².